The topological polar surface area (TPSA) is 0 Å². The molecule has 0 aliphatic rings. The second-order valence-corrected chi connectivity index (χ2v) is 10.2. The highest BCUT2D eigenvalue weighted by Gasteiger charge is 2.34. The summed E-state index contributed by atoms with van der Waals surface area (Å²) in [4.78, 5) is 0. The fourth-order valence-corrected chi connectivity index (χ4v) is 7.88. The molecule has 0 aromatic rings. The normalized spacial score (nSPS) is 11.1. The molecule has 0 saturated carbocycles. The molecule has 0 fully saturated rings. The van der Waals surface area contributed by atoms with Gasteiger partial charge in [-0.3, -0.25) is 0 Å². The highest BCUT2D eigenvalue weighted by Crippen LogP contribution is 2.61. The molecule has 0 aliphatic carbocycles. The van der Waals surface area contributed by atoms with Gasteiger partial charge in [0.15, 0.2) is 0 Å². The Kier molecular flexibility index (Phi) is 17.4. The quantitative estimate of drug-likeness (QED) is 0.271. The van der Waals surface area contributed by atoms with E-state index >= 15 is 0 Å². The van der Waals surface area contributed by atoms with Gasteiger partial charge in [-0.25, -0.2) is 0 Å². The van der Waals surface area contributed by atoms with Crippen LogP contribution in [0.25, 0.3) is 0 Å². The van der Waals surface area contributed by atoms with Crippen molar-refractivity contribution in [3.8, 4) is 0 Å². The molecular weight excluding hydrogens is 315 g/mol. The Morgan fingerprint density at radius 2 is 1.11 bits per heavy atom. The molecule has 19 heavy (non-hydrogen) atoms. The van der Waals surface area contributed by atoms with E-state index < -0.39 is 7.26 Å². The first-order valence-electron chi connectivity index (χ1n) is 8.20. The molecule has 0 aromatic heterocycles. The van der Waals surface area contributed by atoms with Crippen molar-refractivity contribution in [1.29, 1.82) is 0 Å². The Bertz CT molecular complexity index is 170. The zero-order chi connectivity index (χ0) is 13.7. The van der Waals surface area contributed by atoms with Gasteiger partial charge in [-0.15, -0.1) is 6.58 Å². The SMILES string of the molecule is C=CCCC[P+](CCCC)(CCCC)CCCC.[Br-]. The lowest BCUT2D eigenvalue weighted by atomic mass is 10.3. The van der Waals surface area contributed by atoms with Gasteiger partial charge in [-0.05, 0) is 32.1 Å². The van der Waals surface area contributed by atoms with Crippen molar-refractivity contribution < 1.29 is 17.0 Å². The minimum atomic E-state index is -0.623. The van der Waals surface area contributed by atoms with Gasteiger partial charge in [0.05, 0.1) is 24.6 Å². The van der Waals surface area contributed by atoms with Crippen molar-refractivity contribution in [2.45, 2.75) is 72.1 Å². The van der Waals surface area contributed by atoms with E-state index in [1.807, 2.05) is 0 Å². The summed E-state index contributed by atoms with van der Waals surface area (Å²) in [5.74, 6) is 0. The Balaban J connectivity index is 0. The van der Waals surface area contributed by atoms with Crippen LogP contribution in [0.15, 0.2) is 12.7 Å². The lowest BCUT2D eigenvalue weighted by molar-refractivity contribution is -0.00000417. The van der Waals surface area contributed by atoms with Crippen LogP contribution in [-0.4, -0.2) is 24.6 Å². The number of hydrogen-bond acceptors (Lipinski definition) is 0. The monoisotopic (exact) mass is 350 g/mol. The molecule has 0 atom stereocenters. The predicted molar refractivity (Wildman–Crippen MR) is 90.5 cm³/mol. The van der Waals surface area contributed by atoms with Gasteiger partial charge >= 0.3 is 0 Å². The Morgan fingerprint density at radius 3 is 1.42 bits per heavy atom. The maximum Gasteiger partial charge on any atom is 0.0597 e. The van der Waals surface area contributed by atoms with Crippen LogP contribution in [0.4, 0.5) is 0 Å². The molecule has 2 heteroatoms. The van der Waals surface area contributed by atoms with Crippen LogP contribution in [0.2, 0.25) is 0 Å². The van der Waals surface area contributed by atoms with Crippen LogP contribution in [-0.2, 0) is 0 Å². The fraction of sp³-hybridized carbons (Fsp3) is 0.882. The third-order valence-corrected chi connectivity index (χ3v) is 9.06. The molecule has 0 unspecified atom stereocenters. The van der Waals surface area contributed by atoms with Crippen LogP contribution < -0.4 is 17.0 Å². The average molecular weight is 351 g/mol. The van der Waals surface area contributed by atoms with E-state index in [4.69, 9.17) is 0 Å². The van der Waals surface area contributed by atoms with Crippen LogP contribution in [0.3, 0.4) is 0 Å². The van der Waals surface area contributed by atoms with Gasteiger partial charge in [0.1, 0.15) is 0 Å². The van der Waals surface area contributed by atoms with Crippen molar-refractivity contribution >= 4 is 7.26 Å². The van der Waals surface area contributed by atoms with Crippen LogP contribution >= 0.6 is 7.26 Å². The van der Waals surface area contributed by atoms with Gasteiger partial charge in [0.25, 0.3) is 0 Å². The Labute approximate surface area is 133 Å². The minimum Gasteiger partial charge on any atom is -1.00 e. The minimum absolute atomic E-state index is 0. The molecule has 0 spiro atoms. The van der Waals surface area contributed by atoms with Gasteiger partial charge in [0.2, 0.25) is 0 Å². The molecular formula is C17H36BrP. The summed E-state index contributed by atoms with van der Waals surface area (Å²) in [5, 5.41) is 0. The van der Waals surface area contributed by atoms with E-state index in [1.165, 1.54) is 51.4 Å². The summed E-state index contributed by atoms with van der Waals surface area (Å²) < 4.78 is 0. The lowest BCUT2D eigenvalue weighted by Gasteiger charge is -2.28. The van der Waals surface area contributed by atoms with E-state index in [0.717, 1.165) is 0 Å². The van der Waals surface area contributed by atoms with Gasteiger partial charge in [-0.1, -0.05) is 46.1 Å². The second-order valence-electron chi connectivity index (χ2n) is 5.73. The summed E-state index contributed by atoms with van der Waals surface area (Å²) in [6.45, 7) is 10.9. The first-order chi connectivity index (χ1) is 8.74. The lowest BCUT2D eigenvalue weighted by Crippen LogP contribution is -3.00. The summed E-state index contributed by atoms with van der Waals surface area (Å²) in [6.07, 6.45) is 19.5. The number of halogens is 1. The molecule has 0 N–H and O–H groups in total. The molecule has 0 nitrogen and oxygen atoms in total. The predicted octanol–water partition coefficient (Wildman–Crippen LogP) is 3.37. The molecule has 0 saturated heterocycles. The summed E-state index contributed by atoms with van der Waals surface area (Å²) in [5.41, 5.74) is 0. The molecule has 0 aromatic carbocycles. The zero-order valence-electron chi connectivity index (χ0n) is 13.6. The molecule has 0 bridgehead atoms. The number of allylic oxidation sites excluding steroid dienone is 1. The van der Waals surface area contributed by atoms with Gasteiger partial charge in [-0.2, -0.15) is 0 Å². The first kappa shape index (κ1) is 21.9. The Hall–Kier alpha value is 0.650. The third kappa shape index (κ3) is 11.0. The van der Waals surface area contributed by atoms with Crippen molar-refractivity contribution in [2.75, 3.05) is 24.6 Å². The van der Waals surface area contributed by atoms with E-state index in [0.29, 0.717) is 0 Å². The molecule has 0 aliphatic heterocycles. The van der Waals surface area contributed by atoms with Crippen molar-refractivity contribution in [3.63, 3.8) is 0 Å². The fourth-order valence-electron chi connectivity index (χ4n) is 2.72. The molecule has 0 radical (unpaired) electrons. The van der Waals surface area contributed by atoms with Crippen molar-refractivity contribution in [1.82, 2.24) is 0 Å². The van der Waals surface area contributed by atoms with Crippen LogP contribution in [0.1, 0.15) is 72.1 Å². The maximum atomic E-state index is 3.88. The van der Waals surface area contributed by atoms with Gasteiger partial charge in [0, 0.05) is 7.26 Å². The van der Waals surface area contributed by atoms with Crippen LogP contribution in [0, 0.1) is 0 Å². The maximum absolute atomic E-state index is 3.88. The molecule has 0 amide bonds. The highest BCUT2D eigenvalue weighted by atomic mass is 79.9. The number of hydrogen-bond donors (Lipinski definition) is 0. The highest BCUT2D eigenvalue weighted by molar-refractivity contribution is 7.75. The largest absolute Gasteiger partial charge is 1.00 e. The second kappa shape index (κ2) is 15.0. The molecule has 0 rings (SSSR count). The van der Waals surface area contributed by atoms with Crippen molar-refractivity contribution in [3.05, 3.63) is 12.7 Å². The summed E-state index contributed by atoms with van der Waals surface area (Å²) in [6, 6.07) is 0. The number of unbranched alkanes of at least 4 members (excludes halogenated alkanes) is 4. The summed E-state index contributed by atoms with van der Waals surface area (Å²) in [7, 11) is -0.623. The van der Waals surface area contributed by atoms with Crippen LogP contribution in [0.5, 0.6) is 0 Å². The molecule has 0 heterocycles. The standard InChI is InChI=1S/C17H36P.BrH/c1-5-9-13-17-18(14-10-6-2,15-11-7-3)16-12-8-4;/h5H,1,6-17H2,2-4H3;1H/q+1;/p-1. The average Bonchev–Trinajstić information content (AvgIpc) is 2.40. The van der Waals surface area contributed by atoms with E-state index in [2.05, 4.69) is 33.4 Å². The first-order valence-corrected chi connectivity index (χ1v) is 10.7. The van der Waals surface area contributed by atoms with E-state index in [9.17, 15) is 0 Å². The smallest absolute Gasteiger partial charge is 0.0597 e. The number of rotatable bonds is 13. The van der Waals surface area contributed by atoms with Gasteiger partial charge < -0.3 is 17.0 Å². The van der Waals surface area contributed by atoms with Crippen molar-refractivity contribution in [2.24, 2.45) is 0 Å². The molecule has 116 valence electrons. The van der Waals surface area contributed by atoms with E-state index in [1.54, 1.807) is 24.6 Å². The zero-order valence-corrected chi connectivity index (χ0v) is 16.1. The van der Waals surface area contributed by atoms with E-state index in [-0.39, 0.29) is 17.0 Å². The summed E-state index contributed by atoms with van der Waals surface area (Å²) >= 11 is 0. The Morgan fingerprint density at radius 1 is 0.737 bits per heavy atom. The third-order valence-electron chi connectivity index (χ3n) is 4.00.